The Balaban J connectivity index is 1.71. The average molecular weight is 369 g/mol. The second-order valence-corrected chi connectivity index (χ2v) is 6.32. The molecule has 0 atom stereocenters. The van der Waals surface area contributed by atoms with Crippen LogP contribution in [0, 0.1) is 0 Å². The number of nitrogens with zero attached hydrogens (tertiary/aromatic N) is 1. The maximum absolute atomic E-state index is 12.6. The van der Waals surface area contributed by atoms with Crippen molar-refractivity contribution < 1.29 is 14.4 Å². The zero-order chi connectivity index (χ0) is 18.7. The van der Waals surface area contributed by atoms with Gasteiger partial charge in [-0.15, -0.1) is 0 Å². The van der Waals surface area contributed by atoms with Crippen molar-refractivity contribution in [3.63, 3.8) is 0 Å². The Hall–Kier alpha value is -2.92. The number of carbonyl (C=O) groups is 3. The van der Waals surface area contributed by atoms with Gasteiger partial charge in [0.1, 0.15) is 10.7 Å². The molecule has 0 unspecified atom stereocenters. The lowest BCUT2D eigenvalue weighted by molar-refractivity contribution is -0.137. The minimum atomic E-state index is -0.504. The van der Waals surface area contributed by atoms with E-state index in [4.69, 9.17) is 11.6 Å². The van der Waals surface area contributed by atoms with E-state index >= 15 is 0 Å². The molecular weight excluding hydrogens is 352 g/mol. The lowest BCUT2D eigenvalue weighted by Gasteiger charge is -2.15. The number of anilines is 1. The molecule has 0 saturated carbocycles. The fourth-order valence-electron chi connectivity index (χ4n) is 2.68. The van der Waals surface area contributed by atoms with E-state index in [9.17, 15) is 14.4 Å². The van der Waals surface area contributed by atoms with E-state index in [1.54, 1.807) is 24.3 Å². The van der Waals surface area contributed by atoms with E-state index in [1.807, 2.05) is 30.3 Å². The predicted octanol–water partition coefficient (Wildman–Crippen LogP) is 3.36. The van der Waals surface area contributed by atoms with Crippen LogP contribution in [0.5, 0.6) is 0 Å². The molecule has 2 aromatic carbocycles. The van der Waals surface area contributed by atoms with Gasteiger partial charge in [0, 0.05) is 17.8 Å². The number of halogens is 1. The molecule has 26 heavy (non-hydrogen) atoms. The first-order valence-electron chi connectivity index (χ1n) is 8.15. The van der Waals surface area contributed by atoms with Crippen molar-refractivity contribution >= 4 is 34.9 Å². The summed E-state index contributed by atoms with van der Waals surface area (Å²) in [5.74, 6) is -1.00. The molecule has 0 aromatic heterocycles. The summed E-state index contributed by atoms with van der Waals surface area (Å²) >= 11 is 6.08. The molecular formula is C20H17ClN2O3. The maximum atomic E-state index is 12.6. The van der Waals surface area contributed by atoms with Crippen molar-refractivity contribution in [2.45, 2.75) is 13.3 Å². The van der Waals surface area contributed by atoms with Gasteiger partial charge in [-0.25, -0.2) is 0 Å². The summed E-state index contributed by atoms with van der Waals surface area (Å²) in [6.45, 7) is 1.73. The molecule has 0 saturated heterocycles. The van der Waals surface area contributed by atoms with E-state index in [0.717, 1.165) is 10.5 Å². The Morgan fingerprint density at radius 2 is 1.65 bits per heavy atom. The van der Waals surface area contributed by atoms with Crippen molar-refractivity contribution in [3.8, 4) is 0 Å². The second kappa shape index (κ2) is 7.54. The molecule has 0 spiro atoms. The summed E-state index contributed by atoms with van der Waals surface area (Å²) in [6, 6.07) is 16.2. The van der Waals surface area contributed by atoms with Crippen LogP contribution in [0.15, 0.2) is 65.3 Å². The molecule has 2 aromatic rings. The van der Waals surface area contributed by atoms with Crippen LogP contribution in [0.4, 0.5) is 5.69 Å². The topological polar surface area (TPSA) is 66.5 Å². The molecule has 0 radical (unpaired) electrons. The third-order valence-corrected chi connectivity index (χ3v) is 4.49. The Morgan fingerprint density at radius 3 is 2.27 bits per heavy atom. The van der Waals surface area contributed by atoms with E-state index in [2.05, 4.69) is 5.32 Å². The highest BCUT2D eigenvalue weighted by molar-refractivity contribution is 6.48. The molecule has 132 valence electrons. The molecule has 0 fully saturated rings. The minimum absolute atomic E-state index is 0.0481. The fourth-order valence-corrected chi connectivity index (χ4v) is 2.91. The first-order valence-corrected chi connectivity index (χ1v) is 8.53. The molecule has 6 heteroatoms. The van der Waals surface area contributed by atoms with Crippen molar-refractivity contribution in [3.05, 3.63) is 76.5 Å². The number of amides is 2. The quantitative estimate of drug-likeness (QED) is 0.627. The Kier molecular flexibility index (Phi) is 5.19. The van der Waals surface area contributed by atoms with Crippen molar-refractivity contribution in [2.24, 2.45) is 0 Å². The van der Waals surface area contributed by atoms with Crippen LogP contribution < -0.4 is 5.32 Å². The van der Waals surface area contributed by atoms with Crippen molar-refractivity contribution in [2.75, 3.05) is 11.9 Å². The van der Waals surface area contributed by atoms with Gasteiger partial charge in [-0.1, -0.05) is 41.9 Å². The third kappa shape index (κ3) is 3.68. The molecule has 0 aliphatic carbocycles. The molecule has 3 rings (SSSR count). The summed E-state index contributed by atoms with van der Waals surface area (Å²) in [5, 5.41) is 2.76. The predicted molar refractivity (Wildman–Crippen MR) is 99.8 cm³/mol. The number of carbonyl (C=O) groups excluding carboxylic acids is 3. The summed E-state index contributed by atoms with van der Waals surface area (Å²) in [5.41, 5.74) is 2.23. The number of hydrogen-bond acceptors (Lipinski definition) is 4. The van der Waals surface area contributed by atoms with Gasteiger partial charge in [0.15, 0.2) is 5.78 Å². The molecule has 1 N–H and O–H groups in total. The Morgan fingerprint density at radius 1 is 1.00 bits per heavy atom. The van der Waals surface area contributed by atoms with Crippen LogP contribution in [0.25, 0.3) is 0 Å². The molecule has 1 heterocycles. The first kappa shape index (κ1) is 17.9. The van der Waals surface area contributed by atoms with Gasteiger partial charge < -0.3 is 5.32 Å². The number of ketones is 1. The maximum Gasteiger partial charge on any atom is 0.278 e. The van der Waals surface area contributed by atoms with Gasteiger partial charge in [-0.2, -0.15) is 0 Å². The number of rotatable bonds is 6. The standard InChI is InChI=1S/C20H17ClN2O3/c1-13(24)15-7-9-16(10-8-15)22-18-17(21)19(25)23(20(18)26)12-11-14-5-3-2-4-6-14/h2-10,22H,11-12H2,1H3. The highest BCUT2D eigenvalue weighted by atomic mass is 35.5. The van der Waals surface area contributed by atoms with Gasteiger partial charge in [0.05, 0.1) is 0 Å². The molecule has 1 aliphatic heterocycles. The smallest absolute Gasteiger partial charge is 0.278 e. The highest BCUT2D eigenvalue weighted by Gasteiger charge is 2.37. The SMILES string of the molecule is CC(=O)c1ccc(NC2=C(Cl)C(=O)N(CCc3ccccc3)C2=O)cc1. The monoisotopic (exact) mass is 368 g/mol. The minimum Gasteiger partial charge on any atom is -0.350 e. The summed E-state index contributed by atoms with van der Waals surface area (Å²) in [4.78, 5) is 37.3. The van der Waals surface area contributed by atoms with Gasteiger partial charge in [0.2, 0.25) is 0 Å². The summed E-state index contributed by atoms with van der Waals surface area (Å²) in [6.07, 6.45) is 0.559. The normalized spacial score (nSPS) is 14.2. The zero-order valence-corrected chi connectivity index (χ0v) is 14.9. The van der Waals surface area contributed by atoms with Gasteiger partial charge in [-0.05, 0) is 43.2 Å². The third-order valence-electron chi connectivity index (χ3n) is 4.14. The summed E-state index contributed by atoms with van der Waals surface area (Å²) in [7, 11) is 0. The second-order valence-electron chi connectivity index (χ2n) is 5.95. The zero-order valence-electron chi connectivity index (χ0n) is 14.2. The Labute approximate surface area is 156 Å². The molecule has 1 aliphatic rings. The van der Waals surface area contributed by atoms with Crippen LogP contribution in [0.2, 0.25) is 0 Å². The van der Waals surface area contributed by atoms with Gasteiger partial charge in [-0.3, -0.25) is 19.3 Å². The largest absolute Gasteiger partial charge is 0.350 e. The van der Waals surface area contributed by atoms with Gasteiger partial charge in [0.25, 0.3) is 11.8 Å². The molecule has 2 amide bonds. The number of imide groups is 1. The van der Waals surface area contributed by atoms with E-state index in [0.29, 0.717) is 17.7 Å². The highest BCUT2D eigenvalue weighted by Crippen LogP contribution is 2.26. The van der Waals surface area contributed by atoms with Crippen molar-refractivity contribution in [1.29, 1.82) is 0 Å². The molecule has 0 bridgehead atoms. The van der Waals surface area contributed by atoms with Crippen LogP contribution >= 0.6 is 11.6 Å². The van der Waals surface area contributed by atoms with Gasteiger partial charge >= 0.3 is 0 Å². The number of benzene rings is 2. The first-order chi connectivity index (χ1) is 12.5. The number of hydrogen-bond donors (Lipinski definition) is 1. The number of Topliss-reactive ketones (excluding diaryl/α,β-unsaturated/α-hetero) is 1. The van der Waals surface area contributed by atoms with E-state index in [1.165, 1.54) is 6.92 Å². The van der Waals surface area contributed by atoms with Crippen molar-refractivity contribution in [1.82, 2.24) is 4.90 Å². The van der Waals surface area contributed by atoms with E-state index < -0.39 is 11.8 Å². The van der Waals surface area contributed by atoms with E-state index in [-0.39, 0.29) is 23.1 Å². The lowest BCUT2D eigenvalue weighted by Crippen LogP contribution is -2.34. The molecule has 5 nitrogen and oxygen atoms in total. The number of nitrogens with one attached hydrogen (secondary N) is 1. The van der Waals surface area contributed by atoms with Crippen LogP contribution in [-0.4, -0.2) is 29.0 Å². The van der Waals surface area contributed by atoms with Crippen LogP contribution in [-0.2, 0) is 16.0 Å². The van der Waals surface area contributed by atoms with Crippen LogP contribution in [0.3, 0.4) is 0 Å². The summed E-state index contributed by atoms with van der Waals surface area (Å²) < 4.78 is 0. The fraction of sp³-hybridized carbons (Fsp3) is 0.150. The average Bonchev–Trinajstić information content (AvgIpc) is 2.85. The lowest BCUT2D eigenvalue weighted by atomic mass is 10.1. The Bertz CT molecular complexity index is 889. The van der Waals surface area contributed by atoms with Crippen LogP contribution in [0.1, 0.15) is 22.8 Å².